The molecule has 0 bridgehead atoms. The fraction of sp³-hybridized carbons (Fsp3) is 0.722. The minimum Gasteiger partial charge on any atom is -0.329 e. The number of rotatable bonds is 7. The molecule has 1 saturated carbocycles. The van der Waals surface area contributed by atoms with Crippen molar-refractivity contribution in [2.24, 2.45) is 5.73 Å². The van der Waals surface area contributed by atoms with Crippen LogP contribution in [0.5, 0.6) is 0 Å². The van der Waals surface area contributed by atoms with Crippen molar-refractivity contribution >= 4 is 0 Å². The lowest BCUT2D eigenvalue weighted by Gasteiger charge is -2.43. The van der Waals surface area contributed by atoms with Gasteiger partial charge in [-0.15, -0.1) is 0 Å². The highest BCUT2D eigenvalue weighted by atomic mass is 15.2. The fourth-order valence-corrected chi connectivity index (χ4v) is 3.70. The molecule has 0 aliphatic heterocycles. The van der Waals surface area contributed by atoms with Gasteiger partial charge in [0.1, 0.15) is 0 Å². The first kappa shape index (κ1) is 16.4. The minimum absolute atomic E-state index is 0.245. The third-order valence-corrected chi connectivity index (χ3v) is 4.97. The van der Waals surface area contributed by atoms with Crippen LogP contribution in [0.4, 0.5) is 0 Å². The molecule has 1 heterocycles. The number of nitrogens with two attached hydrogens (primary N) is 1. The third-order valence-electron chi connectivity index (χ3n) is 4.97. The Labute approximate surface area is 129 Å². The number of hydrogen-bond acceptors (Lipinski definition) is 3. The van der Waals surface area contributed by atoms with E-state index in [1.165, 1.54) is 50.5 Å². The molecule has 21 heavy (non-hydrogen) atoms. The molecule has 0 aromatic carbocycles. The standard InChI is InChI=1S/C18H31N3/c1-2-13-21(14-9-17-8-7-12-20-15-17)18(16-19)10-5-3-4-6-11-18/h7-8,12,15H,2-6,9-11,13-14,16,19H2,1H3. The Kier molecular flexibility index (Phi) is 6.65. The average molecular weight is 289 g/mol. The third kappa shape index (κ3) is 4.52. The summed E-state index contributed by atoms with van der Waals surface area (Å²) in [6.45, 7) is 5.35. The normalized spacial score (nSPS) is 18.6. The molecular weight excluding hydrogens is 258 g/mol. The summed E-state index contributed by atoms with van der Waals surface area (Å²) >= 11 is 0. The predicted octanol–water partition coefficient (Wildman–Crippen LogP) is 3.39. The van der Waals surface area contributed by atoms with E-state index in [-0.39, 0.29) is 5.54 Å². The zero-order chi connectivity index (χ0) is 15.0. The lowest BCUT2D eigenvalue weighted by Crippen LogP contribution is -2.54. The van der Waals surface area contributed by atoms with E-state index in [0.717, 1.165) is 26.1 Å². The summed E-state index contributed by atoms with van der Waals surface area (Å²) in [5, 5.41) is 0. The lowest BCUT2D eigenvalue weighted by molar-refractivity contribution is 0.0787. The number of hydrogen-bond donors (Lipinski definition) is 1. The second kappa shape index (κ2) is 8.50. The van der Waals surface area contributed by atoms with Gasteiger partial charge in [0.05, 0.1) is 0 Å². The van der Waals surface area contributed by atoms with E-state index in [9.17, 15) is 0 Å². The molecule has 3 nitrogen and oxygen atoms in total. The van der Waals surface area contributed by atoms with Crippen LogP contribution in [0.15, 0.2) is 24.5 Å². The minimum atomic E-state index is 0.245. The van der Waals surface area contributed by atoms with Crippen LogP contribution < -0.4 is 5.73 Å². The molecule has 2 N–H and O–H groups in total. The van der Waals surface area contributed by atoms with Crippen LogP contribution in [-0.4, -0.2) is 35.1 Å². The zero-order valence-corrected chi connectivity index (χ0v) is 13.6. The summed E-state index contributed by atoms with van der Waals surface area (Å²) in [5.74, 6) is 0. The highest BCUT2D eigenvalue weighted by Crippen LogP contribution is 2.32. The topological polar surface area (TPSA) is 42.2 Å². The van der Waals surface area contributed by atoms with Gasteiger partial charge in [-0.2, -0.15) is 0 Å². The first-order valence-electron chi connectivity index (χ1n) is 8.65. The first-order valence-corrected chi connectivity index (χ1v) is 8.65. The largest absolute Gasteiger partial charge is 0.329 e. The summed E-state index contributed by atoms with van der Waals surface area (Å²) < 4.78 is 0. The summed E-state index contributed by atoms with van der Waals surface area (Å²) in [6.07, 6.45) is 14.1. The Bertz CT molecular complexity index is 383. The van der Waals surface area contributed by atoms with Crippen LogP contribution in [0.1, 0.15) is 57.4 Å². The van der Waals surface area contributed by atoms with Gasteiger partial charge in [0, 0.05) is 31.0 Å². The molecule has 3 heteroatoms. The maximum Gasteiger partial charge on any atom is 0.0331 e. The van der Waals surface area contributed by atoms with Gasteiger partial charge >= 0.3 is 0 Å². The molecule has 118 valence electrons. The van der Waals surface area contributed by atoms with Crippen molar-refractivity contribution < 1.29 is 0 Å². The fourth-order valence-electron chi connectivity index (χ4n) is 3.70. The molecule has 0 radical (unpaired) electrons. The quantitative estimate of drug-likeness (QED) is 0.782. The Morgan fingerprint density at radius 3 is 2.52 bits per heavy atom. The molecule has 0 saturated heterocycles. The summed E-state index contributed by atoms with van der Waals surface area (Å²) in [5.41, 5.74) is 7.83. The molecule has 0 unspecified atom stereocenters. The monoisotopic (exact) mass is 289 g/mol. The lowest BCUT2D eigenvalue weighted by atomic mass is 9.87. The maximum atomic E-state index is 6.25. The van der Waals surface area contributed by atoms with E-state index in [1.807, 2.05) is 18.5 Å². The van der Waals surface area contributed by atoms with Crippen molar-refractivity contribution in [1.29, 1.82) is 0 Å². The molecule has 0 atom stereocenters. The van der Waals surface area contributed by atoms with E-state index in [0.29, 0.717) is 0 Å². The van der Waals surface area contributed by atoms with Crippen molar-refractivity contribution in [2.45, 2.75) is 63.8 Å². The predicted molar refractivity (Wildman–Crippen MR) is 89.3 cm³/mol. The van der Waals surface area contributed by atoms with Crippen LogP contribution in [0.25, 0.3) is 0 Å². The van der Waals surface area contributed by atoms with Gasteiger partial charge in [-0.1, -0.05) is 38.7 Å². The van der Waals surface area contributed by atoms with Crippen molar-refractivity contribution in [1.82, 2.24) is 9.88 Å². The van der Waals surface area contributed by atoms with Gasteiger partial charge in [-0.25, -0.2) is 0 Å². The Balaban J connectivity index is 2.04. The van der Waals surface area contributed by atoms with Gasteiger partial charge in [0.15, 0.2) is 0 Å². The van der Waals surface area contributed by atoms with Crippen molar-refractivity contribution in [2.75, 3.05) is 19.6 Å². The van der Waals surface area contributed by atoms with E-state index in [1.54, 1.807) is 0 Å². The Hall–Kier alpha value is -0.930. The molecular formula is C18H31N3. The van der Waals surface area contributed by atoms with Gasteiger partial charge in [-0.3, -0.25) is 9.88 Å². The van der Waals surface area contributed by atoms with Crippen LogP contribution >= 0.6 is 0 Å². The molecule has 1 aromatic rings. The highest BCUT2D eigenvalue weighted by Gasteiger charge is 2.34. The second-order valence-electron chi connectivity index (χ2n) is 6.44. The molecule has 0 amide bonds. The summed E-state index contributed by atoms with van der Waals surface area (Å²) in [7, 11) is 0. The van der Waals surface area contributed by atoms with Gasteiger partial charge in [-0.05, 0) is 43.9 Å². The molecule has 1 aliphatic rings. The molecule has 2 rings (SSSR count). The number of pyridine rings is 1. The molecule has 1 aliphatic carbocycles. The Morgan fingerprint density at radius 1 is 1.19 bits per heavy atom. The van der Waals surface area contributed by atoms with E-state index in [2.05, 4.69) is 22.9 Å². The smallest absolute Gasteiger partial charge is 0.0331 e. The van der Waals surface area contributed by atoms with Gasteiger partial charge < -0.3 is 5.73 Å². The number of aromatic nitrogens is 1. The van der Waals surface area contributed by atoms with Crippen LogP contribution in [0.3, 0.4) is 0 Å². The zero-order valence-electron chi connectivity index (χ0n) is 13.6. The van der Waals surface area contributed by atoms with Gasteiger partial charge in [0.2, 0.25) is 0 Å². The van der Waals surface area contributed by atoms with E-state index >= 15 is 0 Å². The molecule has 1 aromatic heterocycles. The van der Waals surface area contributed by atoms with E-state index < -0.39 is 0 Å². The number of nitrogens with zero attached hydrogens (tertiary/aromatic N) is 2. The summed E-state index contributed by atoms with van der Waals surface area (Å²) in [6, 6.07) is 4.21. The average Bonchev–Trinajstić information content (AvgIpc) is 2.79. The Morgan fingerprint density at radius 2 is 1.95 bits per heavy atom. The summed E-state index contributed by atoms with van der Waals surface area (Å²) in [4.78, 5) is 6.92. The SMILES string of the molecule is CCCN(CCc1cccnc1)C1(CN)CCCCCC1. The molecule has 1 fully saturated rings. The van der Waals surface area contributed by atoms with E-state index in [4.69, 9.17) is 5.73 Å². The van der Waals surface area contributed by atoms with Crippen molar-refractivity contribution in [3.05, 3.63) is 30.1 Å². The van der Waals surface area contributed by atoms with Crippen LogP contribution in [-0.2, 0) is 6.42 Å². The van der Waals surface area contributed by atoms with Crippen LogP contribution in [0, 0.1) is 0 Å². The maximum absolute atomic E-state index is 6.25. The highest BCUT2D eigenvalue weighted by molar-refractivity contribution is 5.09. The first-order chi connectivity index (χ1) is 10.3. The van der Waals surface area contributed by atoms with Crippen molar-refractivity contribution in [3.8, 4) is 0 Å². The van der Waals surface area contributed by atoms with Gasteiger partial charge in [0.25, 0.3) is 0 Å². The van der Waals surface area contributed by atoms with Crippen molar-refractivity contribution in [3.63, 3.8) is 0 Å². The second-order valence-corrected chi connectivity index (χ2v) is 6.44. The molecule has 0 spiro atoms. The van der Waals surface area contributed by atoms with Crippen LogP contribution in [0.2, 0.25) is 0 Å².